The highest BCUT2D eigenvalue weighted by Gasteiger charge is 2.43. The van der Waals surface area contributed by atoms with Crippen molar-refractivity contribution in [2.24, 2.45) is 11.7 Å². The second-order valence-electron chi connectivity index (χ2n) is 7.89. The van der Waals surface area contributed by atoms with Crippen LogP contribution in [0.2, 0.25) is 0 Å². The van der Waals surface area contributed by atoms with Gasteiger partial charge in [-0.25, -0.2) is 0 Å². The van der Waals surface area contributed by atoms with Crippen molar-refractivity contribution < 1.29 is 24.3 Å². The molecule has 0 bridgehead atoms. The second kappa shape index (κ2) is 9.59. The number of aliphatic carboxylic acids is 1. The maximum absolute atomic E-state index is 12.5. The Balaban J connectivity index is 1.44. The summed E-state index contributed by atoms with van der Waals surface area (Å²) in [7, 11) is 0. The van der Waals surface area contributed by atoms with Gasteiger partial charge in [-0.15, -0.1) is 0 Å². The molecule has 2 aliphatic rings. The Morgan fingerprint density at radius 3 is 2.35 bits per heavy atom. The zero-order chi connectivity index (χ0) is 22.5. The molecule has 0 radical (unpaired) electrons. The minimum absolute atomic E-state index is 0.0716. The van der Waals surface area contributed by atoms with E-state index in [0.29, 0.717) is 43.7 Å². The predicted molar refractivity (Wildman–Crippen MR) is 111 cm³/mol. The summed E-state index contributed by atoms with van der Waals surface area (Å²) < 4.78 is 0. The number of piperazine rings is 1. The van der Waals surface area contributed by atoms with Crippen LogP contribution in [0.1, 0.15) is 41.6 Å². The number of nitrogen functional groups attached to an aromatic ring is 1. The standard InChI is InChI=1S/C21H27N5O5/c22-18(23)14-4-6-15(7-5-14)19(29)24-8-1-9-25-10-11-26(21(31)20(25)30)16(12-17(27)28)13-2-3-13/h4-7,13,16H,1-3,8-12H2,(H3,22,23)(H,24,29)(H,27,28). The number of hydrogen-bond acceptors (Lipinski definition) is 5. The molecule has 5 N–H and O–H groups in total. The van der Waals surface area contributed by atoms with Gasteiger partial charge in [-0.1, -0.05) is 12.1 Å². The summed E-state index contributed by atoms with van der Waals surface area (Å²) in [5.41, 5.74) is 6.36. The first-order chi connectivity index (χ1) is 14.8. The number of carboxylic acid groups (broad SMARTS) is 1. The van der Waals surface area contributed by atoms with E-state index in [4.69, 9.17) is 16.2 Å². The lowest BCUT2D eigenvalue weighted by Gasteiger charge is -2.38. The fourth-order valence-corrected chi connectivity index (χ4v) is 3.79. The Kier molecular flexibility index (Phi) is 6.88. The Hall–Kier alpha value is -3.43. The van der Waals surface area contributed by atoms with Crippen molar-refractivity contribution >= 4 is 29.5 Å². The quantitative estimate of drug-likeness (QED) is 0.178. The topological polar surface area (TPSA) is 157 Å². The van der Waals surface area contributed by atoms with Gasteiger partial charge in [0.2, 0.25) is 0 Å². The molecule has 3 rings (SSSR count). The highest BCUT2D eigenvalue weighted by molar-refractivity contribution is 6.35. The van der Waals surface area contributed by atoms with Gasteiger partial charge in [0.25, 0.3) is 5.91 Å². The highest BCUT2D eigenvalue weighted by atomic mass is 16.4. The summed E-state index contributed by atoms with van der Waals surface area (Å²) in [4.78, 5) is 51.2. The third-order valence-corrected chi connectivity index (χ3v) is 5.64. The molecule has 0 aromatic heterocycles. The first-order valence-corrected chi connectivity index (χ1v) is 10.3. The van der Waals surface area contributed by atoms with Crippen LogP contribution in [-0.4, -0.2) is 76.7 Å². The molecule has 3 amide bonds. The van der Waals surface area contributed by atoms with Crippen molar-refractivity contribution in [1.29, 1.82) is 5.41 Å². The first-order valence-electron chi connectivity index (χ1n) is 10.3. The molecule has 10 nitrogen and oxygen atoms in total. The SMILES string of the molecule is N=C(N)c1ccc(C(=O)NCCCN2CCN(C(CC(=O)O)C3CC3)C(=O)C2=O)cc1. The van der Waals surface area contributed by atoms with Gasteiger partial charge in [-0.2, -0.15) is 0 Å². The van der Waals surface area contributed by atoms with Crippen molar-refractivity contribution in [3.63, 3.8) is 0 Å². The third kappa shape index (κ3) is 5.59. The van der Waals surface area contributed by atoms with Gasteiger partial charge in [0.15, 0.2) is 0 Å². The normalized spacial score (nSPS) is 17.4. The number of carbonyl (C=O) groups is 4. The van der Waals surface area contributed by atoms with Gasteiger partial charge >= 0.3 is 17.8 Å². The van der Waals surface area contributed by atoms with E-state index in [-0.39, 0.29) is 24.1 Å². The summed E-state index contributed by atoms with van der Waals surface area (Å²) in [6.07, 6.45) is 2.12. The fourth-order valence-electron chi connectivity index (χ4n) is 3.79. The lowest BCUT2D eigenvalue weighted by Crippen LogP contribution is -2.58. The first kappa shape index (κ1) is 22.3. The predicted octanol–water partition coefficient (Wildman–Crippen LogP) is 0.0147. The molecule has 166 valence electrons. The number of amidine groups is 1. The van der Waals surface area contributed by atoms with E-state index in [1.807, 2.05) is 0 Å². The smallest absolute Gasteiger partial charge is 0.312 e. The Labute approximate surface area is 179 Å². The van der Waals surface area contributed by atoms with Crippen LogP contribution in [0.3, 0.4) is 0 Å². The zero-order valence-electron chi connectivity index (χ0n) is 17.2. The minimum atomic E-state index is -0.966. The molecule has 10 heteroatoms. The summed E-state index contributed by atoms with van der Waals surface area (Å²) in [6.45, 7) is 1.34. The number of benzene rings is 1. The van der Waals surface area contributed by atoms with E-state index in [2.05, 4.69) is 5.32 Å². The zero-order valence-corrected chi connectivity index (χ0v) is 17.2. The van der Waals surface area contributed by atoms with Gasteiger partial charge in [-0.3, -0.25) is 24.6 Å². The monoisotopic (exact) mass is 429 g/mol. The molecule has 1 aliphatic heterocycles. The number of carbonyl (C=O) groups excluding carboxylic acids is 3. The second-order valence-corrected chi connectivity index (χ2v) is 7.89. The van der Waals surface area contributed by atoms with Crippen LogP contribution in [0.25, 0.3) is 0 Å². The van der Waals surface area contributed by atoms with Gasteiger partial charge < -0.3 is 26.0 Å². The molecular weight excluding hydrogens is 402 g/mol. The number of amides is 3. The summed E-state index contributed by atoms with van der Waals surface area (Å²) >= 11 is 0. The van der Waals surface area contributed by atoms with Crippen LogP contribution in [0.5, 0.6) is 0 Å². The Morgan fingerprint density at radius 1 is 1.13 bits per heavy atom. The van der Waals surface area contributed by atoms with Crippen molar-refractivity contribution in [2.45, 2.75) is 31.7 Å². The minimum Gasteiger partial charge on any atom is -0.481 e. The summed E-state index contributed by atoms with van der Waals surface area (Å²) in [6, 6.07) is 5.95. The van der Waals surface area contributed by atoms with Gasteiger partial charge in [-0.05, 0) is 37.3 Å². The molecular formula is C21H27N5O5. The molecule has 1 unspecified atom stereocenters. The molecule has 1 aliphatic carbocycles. The molecule has 1 heterocycles. The van der Waals surface area contributed by atoms with E-state index >= 15 is 0 Å². The molecule has 0 spiro atoms. The van der Waals surface area contributed by atoms with E-state index in [9.17, 15) is 19.2 Å². The Bertz CT molecular complexity index is 881. The van der Waals surface area contributed by atoms with E-state index in [1.54, 1.807) is 24.3 Å². The average Bonchev–Trinajstić information content (AvgIpc) is 3.57. The van der Waals surface area contributed by atoms with Crippen LogP contribution < -0.4 is 11.1 Å². The van der Waals surface area contributed by atoms with Gasteiger partial charge in [0.05, 0.1) is 6.42 Å². The maximum Gasteiger partial charge on any atom is 0.312 e. The molecule has 1 aromatic carbocycles. The number of nitrogens with zero attached hydrogens (tertiary/aromatic N) is 2. The average molecular weight is 429 g/mol. The molecule has 1 saturated heterocycles. The van der Waals surface area contributed by atoms with Crippen LogP contribution in [0.4, 0.5) is 0 Å². The number of carboxylic acids is 1. The van der Waals surface area contributed by atoms with Gasteiger partial charge in [0, 0.05) is 43.3 Å². The number of rotatable bonds is 10. The molecule has 1 aromatic rings. The number of hydrogen-bond donors (Lipinski definition) is 4. The molecule has 2 fully saturated rings. The Morgan fingerprint density at radius 2 is 1.77 bits per heavy atom. The maximum atomic E-state index is 12.5. The highest BCUT2D eigenvalue weighted by Crippen LogP contribution is 2.37. The lowest BCUT2D eigenvalue weighted by molar-refractivity contribution is -0.159. The van der Waals surface area contributed by atoms with E-state index < -0.39 is 23.8 Å². The molecule has 1 atom stereocenters. The van der Waals surface area contributed by atoms with Crippen LogP contribution >= 0.6 is 0 Å². The van der Waals surface area contributed by atoms with Crippen molar-refractivity contribution in [3.8, 4) is 0 Å². The number of nitrogens with two attached hydrogens (primary N) is 1. The van der Waals surface area contributed by atoms with Crippen molar-refractivity contribution in [3.05, 3.63) is 35.4 Å². The van der Waals surface area contributed by atoms with Crippen molar-refractivity contribution in [1.82, 2.24) is 15.1 Å². The molecule has 1 saturated carbocycles. The summed E-state index contributed by atoms with van der Waals surface area (Å²) in [5.74, 6) is -2.40. The largest absolute Gasteiger partial charge is 0.481 e. The van der Waals surface area contributed by atoms with Crippen molar-refractivity contribution in [2.75, 3.05) is 26.2 Å². The van der Waals surface area contributed by atoms with Gasteiger partial charge in [0.1, 0.15) is 5.84 Å². The lowest BCUT2D eigenvalue weighted by atomic mass is 10.1. The molecule has 31 heavy (non-hydrogen) atoms. The van der Waals surface area contributed by atoms with Crippen LogP contribution in [0.15, 0.2) is 24.3 Å². The summed E-state index contributed by atoms with van der Waals surface area (Å²) in [5, 5.41) is 19.2. The third-order valence-electron chi connectivity index (χ3n) is 5.64. The van der Waals surface area contributed by atoms with E-state index in [0.717, 1.165) is 12.8 Å². The van der Waals surface area contributed by atoms with E-state index in [1.165, 1.54) is 9.80 Å². The number of nitrogens with one attached hydrogen (secondary N) is 2. The fraction of sp³-hybridized carbons (Fsp3) is 0.476. The van der Waals surface area contributed by atoms with Crippen LogP contribution in [-0.2, 0) is 14.4 Å². The van der Waals surface area contributed by atoms with Crippen LogP contribution in [0, 0.1) is 11.3 Å².